The van der Waals surface area contributed by atoms with Crippen LogP contribution in [0, 0.1) is 0 Å². The van der Waals surface area contributed by atoms with Gasteiger partial charge < -0.3 is 14.5 Å². The molecule has 0 aliphatic carbocycles. The van der Waals surface area contributed by atoms with E-state index in [9.17, 15) is 4.79 Å². The number of morpholine rings is 1. The standard InChI is InChI=1S/C15H23N5O2/c1-18(2)5-6-19-7-8-22-14-11-20(10-13(14)19)15(21)12-3-4-16-17-9-12/h3-4,9,13-14H,5-8,10-11H2,1-2H3/t13-,14+/m0/s1. The van der Waals surface area contributed by atoms with Crippen LogP contribution in [0.4, 0.5) is 0 Å². The first-order valence-corrected chi connectivity index (χ1v) is 7.71. The number of rotatable bonds is 4. The van der Waals surface area contributed by atoms with E-state index in [0.29, 0.717) is 18.2 Å². The Morgan fingerprint density at radius 2 is 2.27 bits per heavy atom. The third-order valence-corrected chi connectivity index (χ3v) is 4.37. The molecule has 0 saturated carbocycles. The summed E-state index contributed by atoms with van der Waals surface area (Å²) in [7, 11) is 4.16. The smallest absolute Gasteiger partial charge is 0.255 e. The number of ether oxygens (including phenoxy) is 1. The van der Waals surface area contributed by atoms with Crippen molar-refractivity contribution in [3.63, 3.8) is 0 Å². The minimum atomic E-state index is 0.0143. The lowest BCUT2D eigenvalue weighted by Crippen LogP contribution is -2.52. The van der Waals surface area contributed by atoms with Crippen molar-refractivity contribution in [3.8, 4) is 0 Å². The van der Waals surface area contributed by atoms with E-state index in [4.69, 9.17) is 4.74 Å². The molecule has 1 aromatic heterocycles. The molecule has 2 aliphatic rings. The maximum Gasteiger partial charge on any atom is 0.255 e. The molecule has 2 aliphatic heterocycles. The van der Waals surface area contributed by atoms with Crippen LogP contribution in [0.15, 0.2) is 18.5 Å². The molecule has 0 N–H and O–H groups in total. The Morgan fingerprint density at radius 1 is 1.41 bits per heavy atom. The Hall–Kier alpha value is -1.57. The number of likely N-dealkylation sites (N-methyl/N-ethyl adjacent to an activating group) is 1. The number of amides is 1. The molecule has 2 fully saturated rings. The van der Waals surface area contributed by atoms with E-state index in [2.05, 4.69) is 34.1 Å². The molecule has 120 valence electrons. The summed E-state index contributed by atoms with van der Waals surface area (Å²) < 4.78 is 5.88. The zero-order chi connectivity index (χ0) is 15.5. The molecule has 0 unspecified atom stereocenters. The first-order valence-electron chi connectivity index (χ1n) is 7.71. The highest BCUT2D eigenvalue weighted by atomic mass is 16.5. The number of aromatic nitrogens is 2. The minimum Gasteiger partial charge on any atom is -0.373 e. The van der Waals surface area contributed by atoms with E-state index in [1.165, 1.54) is 6.20 Å². The molecule has 2 saturated heterocycles. The number of fused-ring (bicyclic) bond motifs is 1. The van der Waals surface area contributed by atoms with Crippen molar-refractivity contribution in [1.29, 1.82) is 0 Å². The highest BCUT2D eigenvalue weighted by Gasteiger charge is 2.41. The summed E-state index contributed by atoms with van der Waals surface area (Å²) in [5.74, 6) is 0.0143. The third kappa shape index (κ3) is 3.26. The monoisotopic (exact) mass is 305 g/mol. The molecule has 7 heteroatoms. The lowest BCUT2D eigenvalue weighted by Gasteiger charge is -2.37. The van der Waals surface area contributed by atoms with Gasteiger partial charge in [0.05, 0.1) is 36.7 Å². The highest BCUT2D eigenvalue weighted by molar-refractivity contribution is 5.94. The number of likely N-dealkylation sites (tertiary alicyclic amines) is 1. The lowest BCUT2D eigenvalue weighted by atomic mass is 10.1. The van der Waals surface area contributed by atoms with E-state index in [1.807, 2.05) is 4.90 Å². The molecule has 7 nitrogen and oxygen atoms in total. The second-order valence-corrected chi connectivity index (χ2v) is 6.16. The van der Waals surface area contributed by atoms with Crippen molar-refractivity contribution in [2.75, 3.05) is 53.4 Å². The number of hydrogen-bond acceptors (Lipinski definition) is 6. The first-order chi connectivity index (χ1) is 10.6. The molecule has 2 atom stereocenters. The molecular weight excluding hydrogens is 282 g/mol. The van der Waals surface area contributed by atoms with Crippen molar-refractivity contribution < 1.29 is 9.53 Å². The topological polar surface area (TPSA) is 61.8 Å². The van der Waals surface area contributed by atoms with Crippen molar-refractivity contribution in [3.05, 3.63) is 24.0 Å². The molecule has 1 amide bonds. The SMILES string of the molecule is CN(C)CCN1CCO[C@@H]2CN(C(=O)c3ccnnc3)C[C@@H]21. The van der Waals surface area contributed by atoms with E-state index >= 15 is 0 Å². The fraction of sp³-hybridized carbons (Fsp3) is 0.667. The molecule has 0 spiro atoms. The van der Waals surface area contributed by atoms with E-state index in [-0.39, 0.29) is 12.0 Å². The van der Waals surface area contributed by atoms with Gasteiger partial charge in [0.2, 0.25) is 0 Å². The Labute approximate surface area is 130 Å². The number of hydrogen-bond donors (Lipinski definition) is 0. The van der Waals surface area contributed by atoms with Gasteiger partial charge in [0.15, 0.2) is 0 Å². The van der Waals surface area contributed by atoms with Crippen molar-refractivity contribution in [2.24, 2.45) is 0 Å². The van der Waals surface area contributed by atoms with Gasteiger partial charge in [0.25, 0.3) is 5.91 Å². The Bertz CT molecular complexity index is 510. The largest absolute Gasteiger partial charge is 0.373 e. The van der Waals surface area contributed by atoms with Crippen LogP contribution >= 0.6 is 0 Å². The van der Waals surface area contributed by atoms with E-state index in [0.717, 1.165) is 32.8 Å². The normalized spacial score (nSPS) is 25.5. The number of nitrogens with zero attached hydrogens (tertiary/aromatic N) is 5. The molecular formula is C15H23N5O2. The molecule has 0 radical (unpaired) electrons. The van der Waals surface area contributed by atoms with Gasteiger partial charge >= 0.3 is 0 Å². The van der Waals surface area contributed by atoms with Crippen LogP contribution in [0.1, 0.15) is 10.4 Å². The number of carbonyl (C=O) groups excluding carboxylic acids is 1. The van der Waals surface area contributed by atoms with Gasteiger partial charge in [0, 0.05) is 32.7 Å². The summed E-state index contributed by atoms with van der Waals surface area (Å²) in [6.07, 6.45) is 3.19. The summed E-state index contributed by atoms with van der Waals surface area (Å²) in [6, 6.07) is 2.01. The van der Waals surface area contributed by atoms with Gasteiger partial charge in [0.1, 0.15) is 0 Å². The van der Waals surface area contributed by atoms with Crippen LogP contribution in [0.3, 0.4) is 0 Å². The van der Waals surface area contributed by atoms with Crippen LogP contribution in [0.25, 0.3) is 0 Å². The van der Waals surface area contributed by atoms with Crippen LogP contribution in [0.5, 0.6) is 0 Å². The van der Waals surface area contributed by atoms with Crippen LogP contribution in [0.2, 0.25) is 0 Å². The Balaban J connectivity index is 1.65. The second kappa shape index (κ2) is 6.68. The minimum absolute atomic E-state index is 0.0143. The summed E-state index contributed by atoms with van der Waals surface area (Å²) in [4.78, 5) is 19.1. The zero-order valence-electron chi connectivity index (χ0n) is 13.2. The molecule has 1 aromatic rings. The molecule has 22 heavy (non-hydrogen) atoms. The van der Waals surface area contributed by atoms with Gasteiger partial charge in [-0.3, -0.25) is 9.69 Å². The highest BCUT2D eigenvalue weighted by Crippen LogP contribution is 2.24. The Kier molecular flexibility index (Phi) is 4.66. The third-order valence-electron chi connectivity index (χ3n) is 4.37. The van der Waals surface area contributed by atoms with Gasteiger partial charge in [-0.1, -0.05) is 0 Å². The number of carbonyl (C=O) groups is 1. The predicted octanol–water partition coefficient (Wildman–Crippen LogP) is -0.437. The molecule has 3 heterocycles. The Morgan fingerprint density at radius 3 is 3.00 bits per heavy atom. The van der Waals surface area contributed by atoms with Crippen LogP contribution < -0.4 is 0 Å². The van der Waals surface area contributed by atoms with Crippen LogP contribution in [-0.2, 0) is 4.74 Å². The van der Waals surface area contributed by atoms with E-state index < -0.39 is 0 Å². The average Bonchev–Trinajstić information content (AvgIpc) is 2.97. The molecule has 0 aromatic carbocycles. The summed E-state index contributed by atoms with van der Waals surface area (Å²) in [5, 5.41) is 7.51. The molecule has 3 rings (SSSR count). The van der Waals surface area contributed by atoms with Crippen molar-refractivity contribution in [1.82, 2.24) is 24.9 Å². The zero-order valence-corrected chi connectivity index (χ0v) is 13.2. The van der Waals surface area contributed by atoms with Crippen LogP contribution in [-0.4, -0.2) is 96.4 Å². The summed E-state index contributed by atoms with van der Waals surface area (Å²) in [6.45, 7) is 5.09. The van der Waals surface area contributed by atoms with Gasteiger partial charge in [-0.2, -0.15) is 10.2 Å². The van der Waals surface area contributed by atoms with Gasteiger partial charge in [-0.05, 0) is 20.2 Å². The fourth-order valence-electron chi connectivity index (χ4n) is 3.13. The average molecular weight is 305 g/mol. The lowest BCUT2D eigenvalue weighted by molar-refractivity contribution is -0.0482. The van der Waals surface area contributed by atoms with Crippen molar-refractivity contribution in [2.45, 2.75) is 12.1 Å². The van der Waals surface area contributed by atoms with Gasteiger partial charge in [-0.15, -0.1) is 0 Å². The molecule has 0 bridgehead atoms. The van der Waals surface area contributed by atoms with E-state index in [1.54, 1.807) is 12.3 Å². The maximum atomic E-state index is 12.5. The first kappa shape index (κ1) is 15.3. The maximum absolute atomic E-state index is 12.5. The summed E-state index contributed by atoms with van der Waals surface area (Å²) >= 11 is 0. The summed E-state index contributed by atoms with van der Waals surface area (Å²) in [5.41, 5.74) is 0.591. The second-order valence-electron chi connectivity index (χ2n) is 6.16. The predicted molar refractivity (Wildman–Crippen MR) is 81.6 cm³/mol. The quantitative estimate of drug-likeness (QED) is 0.752. The van der Waals surface area contributed by atoms with Crippen molar-refractivity contribution >= 4 is 5.91 Å². The van der Waals surface area contributed by atoms with Gasteiger partial charge in [-0.25, -0.2) is 0 Å². The fourth-order valence-corrected chi connectivity index (χ4v) is 3.13.